The molecule has 0 aliphatic carbocycles. The van der Waals surface area contributed by atoms with Gasteiger partial charge in [0.25, 0.3) is 0 Å². The summed E-state index contributed by atoms with van der Waals surface area (Å²) in [6.07, 6.45) is 8.57. The first-order valence-electron chi connectivity index (χ1n) is 12.2. The van der Waals surface area contributed by atoms with Crippen LogP contribution in [0.1, 0.15) is 17.9 Å². The fourth-order valence-corrected chi connectivity index (χ4v) is 5.29. The number of hydrogen-bond donors (Lipinski definition) is 3. The first kappa shape index (κ1) is 21.7. The number of piperazine rings is 1. The van der Waals surface area contributed by atoms with Crippen LogP contribution in [0.25, 0.3) is 22.2 Å². The molecule has 0 radical (unpaired) electrons. The number of ether oxygens (including phenoxy) is 1. The summed E-state index contributed by atoms with van der Waals surface area (Å²) < 4.78 is 5.48. The maximum atomic E-state index is 13.0. The Morgan fingerprint density at radius 2 is 1.89 bits per heavy atom. The van der Waals surface area contributed by atoms with Gasteiger partial charge in [0, 0.05) is 54.4 Å². The number of H-pyrrole nitrogens is 1. The number of anilines is 1. The van der Waals surface area contributed by atoms with Crippen molar-refractivity contribution in [3.05, 3.63) is 83.8 Å². The molecular weight excluding hydrogens is 438 g/mol. The van der Waals surface area contributed by atoms with E-state index in [2.05, 4.69) is 74.3 Å². The fraction of sp³-hybridized carbons (Fsp3) is 0.286. The van der Waals surface area contributed by atoms with Crippen LogP contribution in [0.5, 0.6) is 0 Å². The Morgan fingerprint density at radius 3 is 2.69 bits per heavy atom. The zero-order chi connectivity index (χ0) is 23.8. The fourth-order valence-electron chi connectivity index (χ4n) is 5.29. The van der Waals surface area contributed by atoms with Gasteiger partial charge in [-0.05, 0) is 48.4 Å². The molecule has 6 rings (SSSR count). The summed E-state index contributed by atoms with van der Waals surface area (Å²) >= 11 is 0. The largest absolute Gasteiger partial charge is 0.497 e. The molecule has 0 saturated carbocycles. The quantitative estimate of drug-likeness (QED) is 0.543. The van der Waals surface area contributed by atoms with Gasteiger partial charge in [0.2, 0.25) is 5.91 Å². The lowest BCUT2D eigenvalue weighted by Gasteiger charge is -2.29. The van der Waals surface area contributed by atoms with E-state index in [1.165, 1.54) is 5.69 Å². The van der Waals surface area contributed by atoms with Gasteiger partial charge in [0.05, 0.1) is 24.2 Å². The molecule has 178 valence electrons. The average Bonchev–Trinajstić information content (AvgIpc) is 3.29. The molecular formula is C28H29N5O2. The molecule has 3 N–H and O–H groups in total. The van der Waals surface area contributed by atoms with Crippen LogP contribution < -0.4 is 15.5 Å². The van der Waals surface area contributed by atoms with Crippen LogP contribution in [0.15, 0.2) is 78.2 Å². The minimum absolute atomic E-state index is 0.00650. The number of aromatic amines is 1. The van der Waals surface area contributed by atoms with E-state index in [1.54, 1.807) is 7.11 Å². The van der Waals surface area contributed by atoms with Gasteiger partial charge in [-0.1, -0.05) is 30.3 Å². The molecule has 0 spiro atoms. The van der Waals surface area contributed by atoms with E-state index >= 15 is 0 Å². The Morgan fingerprint density at radius 1 is 1.06 bits per heavy atom. The number of methoxy groups -OCH3 is 1. The second-order valence-electron chi connectivity index (χ2n) is 9.28. The second-order valence-corrected chi connectivity index (χ2v) is 9.28. The summed E-state index contributed by atoms with van der Waals surface area (Å²) in [4.78, 5) is 15.4. The number of nitrogens with one attached hydrogen (secondary N) is 3. The molecule has 2 bridgehead atoms. The molecule has 4 heterocycles. The third-order valence-corrected chi connectivity index (χ3v) is 7.24. The summed E-state index contributed by atoms with van der Waals surface area (Å²) in [5.41, 5.74) is 6.18. The Kier molecular flexibility index (Phi) is 5.62. The van der Waals surface area contributed by atoms with Crippen LogP contribution in [-0.2, 0) is 9.53 Å². The molecule has 3 aromatic rings. The van der Waals surface area contributed by atoms with Crippen LogP contribution >= 0.6 is 0 Å². The van der Waals surface area contributed by atoms with Gasteiger partial charge in [-0.2, -0.15) is 5.10 Å². The lowest BCUT2D eigenvalue weighted by Crippen LogP contribution is -2.43. The Labute approximate surface area is 204 Å². The highest BCUT2D eigenvalue weighted by molar-refractivity contribution is 5.93. The molecule has 0 unspecified atom stereocenters. The van der Waals surface area contributed by atoms with E-state index in [0.29, 0.717) is 5.76 Å². The van der Waals surface area contributed by atoms with Crippen molar-refractivity contribution in [3.63, 3.8) is 0 Å². The first-order chi connectivity index (χ1) is 17.2. The Balaban J connectivity index is 1.31. The average molecular weight is 468 g/mol. The maximum absolute atomic E-state index is 13.0. The molecule has 7 heteroatoms. The molecule has 3 aliphatic heterocycles. The third kappa shape index (κ3) is 4.12. The van der Waals surface area contributed by atoms with Crippen molar-refractivity contribution in [2.45, 2.75) is 12.3 Å². The smallest absolute Gasteiger partial charge is 0.232 e. The third-order valence-electron chi connectivity index (χ3n) is 7.24. The number of fused-ring (bicyclic) bond motifs is 4. The van der Waals surface area contributed by atoms with Crippen molar-refractivity contribution in [3.8, 4) is 11.3 Å². The van der Waals surface area contributed by atoms with Gasteiger partial charge in [-0.25, -0.2) is 0 Å². The number of rotatable bonds is 4. The van der Waals surface area contributed by atoms with Crippen molar-refractivity contribution in [1.82, 2.24) is 20.8 Å². The lowest BCUT2D eigenvalue weighted by atomic mass is 9.82. The van der Waals surface area contributed by atoms with Crippen LogP contribution in [-0.4, -0.2) is 49.4 Å². The van der Waals surface area contributed by atoms with Crippen molar-refractivity contribution in [2.75, 3.05) is 38.2 Å². The number of carbonyl (C=O) groups excluding carboxylic acids is 1. The number of aromatic nitrogens is 2. The predicted octanol–water partition coefficient (Wildman–Crippen LogP) is 3.84. The van der Waals surface area contributed by atoms with Gasteiger partial charge in [-0.15, -0.1) is 0 Å². The summed E-state index contributed by atoms with van der Waals surface area (Å²) in [6.45, 7) is 4.10. The number of amides is 1. The summed E-state index contributed by atoms with van der Waals surface area (Å²) in [5, 5.41) is 15.4. The second kappa shape index (κ2) is 9.07. The zero-order valence-electron chi connectivity index (χ0n) is 19.8. The molecule has 3 aliphatic rings. The number of hydrogen-bond acceptors (Lipinski definition) is 5. The van der Waals surface area contributed by atoms with E-state index in [1.807, 2.05) is 18.2 Å². The topological polar surface area (TPSA) is 82.3 Å². The highest BCUT2D eigenvalue weighted by Gasteiger charge is 2.31. The summed E-state index contributed by atoms with van der Waals surface area (Å²) in [6, 6.07) is 15.1. The van der Waals surface area contributed by atoms with Crippen molar-refractivity contribution in [2.24, 2.45) is 5.92 Å². The molecule has 7 nitrogen and oxygen atoms in total. The van der Waals surface area contributed by atoms with Crippen molar-refractivity contribution >= 4 is 22.5 Å². The number of allylic oxidation sites excluding steroid dienone is 3. The van der Waals surface area contributed by atoms with E-state index in [4.69, 9.17) is 4.74 Å². The molecule has 35 heavy (non-hydrogen) atoms. The molecule has 1 saturated heterocycles. The van der Waals surface area contributed by atoms with Crippen LogP contribution in [0.4, 0.5) is 5.69 Å². The van der Waals surface area contributed by atoms with E-state index in [-0.39, 0.29) is 17.7 Å². The molecule has 2 aromatic carbocycles. The van der Waals surface area contributed by atoms with Crippen molar-refractivity contribution in [1.29, 1.82) is 0 Å². The SMILES string of the molecule is COC1=C/[C@H]2C(=O)NC(=CC[C@@H]2c2ccc3c(-c4ccc(N5CCNCC5)cc4)n[nH]c3c2)/C=C\1. The maximum Gasteiger partial charge on any atom is 0.232 e. The van der Waals surface area contributed by atoms with E-state index in [9.17, 15) is 4.79 Å². The van der Waals surface area contributed by atoms with Crippen LogP contribution in [0, 0.1) is 5.92 Å². The number of nitrogens with zero attached hydrogens (tertiary/aromatic N) is 2. The molecule has 1 fully saturated rings. The highest BCUT2D eigenvalue weighted by atomic mass is 16.5. The predicted molar refractivity (Wildman–Crippen MR) is 138 cm³/mol. The van der Waals surface area contributed by atoms with E-state index < -0.39 is 0 Å². The molecule has 2 atom stereocenters. The first-order valence-corrected chi connectivity index (χ1v) is 12.2. The minimum Gasteiger partial charge on any atom is -0.497 e. The Bertz CT molecular complexity index is 1350. The minimum atomic E-state index is -0.318. The Hall–Kier alpha value is -3.84. The van der Waals surface area contributed by atoms with Gasteiger partial charge in [0.15, 0.2) is 0 Å². The van der Waals surface area contributed by atoms with Crippen LogP contribution in [0.3, 0.4) is 0 Å². The summed E-state index contributed by atoms with van der Waals surface area (Å²) in [5.74, 6) is 0.387. The van der Waals surface area contributed by atoms with E-state index in [0.717, 1.165) is 66.0 Å². The van der Waals surface area contributed by atoms with Crippen LogP contribution in [0.2, 0.25) is 0 Å². The number of carbonyl (C=O) groups is 1. The molecule has 1 amide bonds. The monoisotopic (exact) mass is 467 g/mol. The van der Waals surface area contributed by atoms with Gasteiger partial charge >= 0.3 is 0 Å². The van der Waals surface area contributed by atoms with Gasteiger partial charge in [0.1, 0.15) is 5.76 Å². The normalized spacial score (nSPS) is 24.6. The standard InChI is InChI=1S/C28H29N5O2/c1-35-22-9-5-20-6-11-23(25(17-22)28(34)30-20)19-4-10-24-26(16-19)31-32-27(24)18-2-7-21(8-3-18)33-14-12-29-13-15-33/h2-10,16-17,23,25,29H,11-15H2,1H3,(H,30,34)(H,31,32)/b9-5-,22-17+/t23-,25-/m1/s1. The van der Waals surface area contributed by atoms with Gasteiger partial charge < -0.3 is 20.3 Å². The van der Waals surface area contributed by atoms with Gasteiger partial charge in [-0.3, -0.25) is 9.89 Å². The summed E-state index contributed by atoms with van der Waals surface area (Å²) in [7, 11) is 1.64. The molecule has 1 aromatic heterocycles. The van der Waals surface area contributed by atoms with Crippen molar-refractivity contribution < 1.29 is 9.53 Å². The lowest BCUT2D eigenvalue weighted by molar-refractivity contribution is -0.123. The number of benzene rings is 2. The highest BCUT2D eigenvalue weighted by Crippen LogP contribution is 2.37. The zero-order valence-corrected chi connectivity index (χ0v) is 19.8.